The first-order chi connectivity index (χ1) is 9.25. The number of halogens is 2. The second-order valence-electron chi connectivity index (χ2n) is 3.88. The van der Waals surface area contributed by atoms with Crippen LogP contribution in [-0.2, 0) is 11.4 Å². The van der Waals surface area contributed by atoms with Gasteiger partial charge in [-0.15, -0.1) is 0 Å². The summed E-state index contributed by atoms with van der Waals surface area (Å²) >= 11 is 0. The van der Waals surface area contributed by atoms with Gasteiger partial charge in [-0.25, -0.2) is 8.78 Å². The molecule has 0 amide bonds. The van der Waals surface area contributed by atoms with Crippen molar-refractivity contribution in [1.82, 2.24) is 0 Å². The van der Waals surface area contributed by atoms with Gasteiger partial charge < -0.3 is 4.84 Å². The Morgan fingerprint density at radius 1 is 1.00 bits per heavy atom. The van der Waals surface area contributed by atoms with Gasteiger partial charge in [0.25, 0.3) is 6.43 Å². The number of nitrogens with zero attached hydrogens (tertiary/aromatic N) is 1. The Kier molecular flexibility index (Phi) is 4.61. The highest BCUT2D eigenvalue weighted by atomic mass is 19.3. The molecule has 0 aliphatic rings. The summed E-state index contributed by atoms with van der Waals surface area (Å²) in [5.41, 5.74) is 1.60. The molecule has 2 rings (SSSR count). The van der Waals surface area contributed by atoms with Gasteiger partial charge in [-0.05, 0) is 5.56 Å². The van der Waals surface area contributed by atoms with Gasteiger partial charge in [0.2, 0.25) is 0 Å². The lowest BCUT2D eigenvalue weighted by atomic mass is 10.1. The van der Waals surface area contributed by atoms with Crippen molar-refractivity contribution in [3.05, 3.63) is 71.3 Å². The van der Waals surface area contributed by atoms with Gasteiger partial charge in [-0.1, -0.05) is 59.8 Å². The lowest BCUT2D eigenvalue weighted by Gasteiger charge is -2.02. The zero-order valence-corrected chi connectivity index (χ0v) is 10.1. The second-order valence-corrected chi connectivity index (χ2v) is 3.88. The smallest absolute Gasteiger partial charge is 0.263 e. The molecule has 0 spiro atoms. The van der Waals surface area contributed by atoms with Crippen LogP contribution in [0.4, 0.5) is 8.78 Å². The molecular weight excluding hydrogens is 248 g/mol. The predicted octanol–water partition coefficient (Wildman–Crippen LogP) is 4.05. The fourth-order valence-corrected chi connectivity index (χ4v) is 1.46. The molecule has 0 fully saturated rings. The van der Waals surface area contributed by atoms with Crippen LogP contribution in [0.15, 0.2) is 59.8 Å². The summed E-state index contributed by atoms with van der Waals surface area (Å²) in [6.07, 6.45) is 0.282. The minimum atomic E-state index is -2.44. The van der Waals surface area contributed by atoms with E-state index in [4.69, 9.17) is 4.84 Å². The van der Waals surface area contributed by atoms with Gasteiger partial charge in [0.05, 0.1) is 0 Å². The van der Waals surface area contributed by atoms with Crippen LogP contribution in [0.2, 0.25) is 0 Å². The first-order valence-electron chi connectivity index (χ1n) is 5.76. The maximum Gasteiger partial charge on any atom is 0.263 e. The maximum absolute atomic E-state index is 12.3. The average Bonchev–Trinajstić information content (AvgIpc) is 2.45. The van der Waals surface area contributed by atoms with Gasteiger partial charge in [0.1, 0.15) is 12.8 Å². The molecule has 2 aromatic carbocycles. The molecule has 19 heavy (non-hydrogen) atoms. The van der Waals surface area contributed by atoms with Crippen molar-refractivity contribution in [2.45, 2.75) is 13.0 Å². The lowest BCUT2D eigenvalue weighted by molar-refractivity contribution is 0.131. The molecule has 97 valence electrons. The van der Waals surface area contributed by atoms with Gasteiger partial charge in [-0.2, -0.15) is 0 Å². The van der Waals surface area contributed by atoms with Crippen molar-refractivity contribution in [3.63, 3.8) is 0 Å². The van der Waals surface area contributed by atoms with Crippen LogP contribution in [0, 0.1) is 0 Å². The summed E-state index contributed by atoms with van der Waals surface area (Å²) < 4.78 is 24.7. The molecule has 2 aromatic rings. The Balaban J connectivity index is 1.84. The third-order valence-electron chi connectivity index (χ3n) is 2.48. The molecule has 0 saturated carbocycles. The molecule has 0 bridgehead atoms. The van der Waals surface area contributed by atoms with E-state index >= 15 is 0 Å². The maximum atomic E-state index is 12.3. The molecule has 2 nitrogen and oxygen atoms in total. The SMILES string of the molecule is FC(F)c1ccc(CO/N=[C]\c2ccccc2)cc1. The van der Waals surface area contributed by atoms with Crippen molar-refractivity contribution >= 4 is 6.21 Å². The number of rotatable bonds is 5. The average molecular weight is 260 g/mol. The first-order valence-corrected chi connectivity index (χ1v) is 5.76. The molecule has 0 N–H and O–H groups in total. The van der Waals surface area contributed by atoms with Crippen LogP contribution in [0.3, 0.4) is 0 Å². The fourth-order valence-electron chi connectivity index (χ4n) is 1.46. The summed E-state index contributed by atoms with van der Waals surface area (Å²) in [6, 6.07) is 15.3. The molecule has 1 radical (unpaired) electrons. The van der Waals surface area contributed by atoms with E-state index in [0.717, 1.165) is 11.1 Å². The first kappa shape index (κ1) is 13.2. The predicted molar refractivity (Wildman–Crippen MR) is 69.2 cm³/mol. The summed E-state index contributed by atoms with van der Waals surface area (Å²) in [6.45, 7) is 0.226. The normalized spacial score (nSPS) is 11.1. The summed E-state index contributed by atoms with van der Waals surface area (Å²) in [4.78, 5) is 5.05. The van der Waals surface area contributed by atoms with Crippen LogP contribution in [0.5, 0.6) is 0 Å². The number of hydrogen-bond acceptors (Lipinski definition) is 2. The molecule has 0 heterocycles. The van der Waals surface area contributed by atoms with Gasteiger partial charge in [0, 0.05) is 11.1 Å². The number of benzene rings is 2. The van der Waals surface area contributed by atoms with Crippen molar-refractivity contribution in [2.24, 2.45) is 5.16 Å². The lowest BCUT2D eigenvalue weighted by Crippen LogP contribution is -1.90. The third kappa shape index (κ3) is 4.17. The topological polar surface area (TPSA) is 21.6 Å². The highest BCUT2D eigenvalue weighted by Gasteiger charge is 2.05. The van der Waals surface area contributed by atoms with E-state index in [1.807, 2.05) is 30.3 Å². The second kappa shape index (κ2) is 6.64. The zero-order valence-electron chi connectivity index (χ0n) is 10.1. The standard InChI is InChI=1S/C15H12F2NO/c16-15(17)14-8-6-13(7-9-14)11-19-18-10-12-4-2-1-3-5-12/h1-9,15H,11H2. The Morgan fingerprint density at radius 2 is 1.68 bits per heavy atom. The molecule has 0 aromatic heterocycles. The summed E-state index contributed by atoms with van der Waals surface area (Å²) in [7, 11) is 0. The van der Waals surface area contributed by atoms with Crippen molar-refractivity contribution < 1.29 is 13.6 Å². The molecule has 0 saturated heterocycles. The Hall–Kier alpha value is -2.23. The minimum Gasteiger partial charge on any atom is -0.390 e. The molecular formula is C15H12F2NO. The van der Waals surface area contributed by atoms with Gasteiger partial charge in [0.15, 0.2) is 0 Å². The van der Waals surface area contributed by atoms with Crippen molar-refractivity contribution in [3.8, 4) is 0 Å². The molecule has 0 aliphatic carbocycles. The van der Waals surface area contributed by atoms with Crippen molar-refractivity contribution in [1.29, 1.82) is 0 Å². The number of hydrogen-bond donors (Lipinski definition) is 0. The van der Waals surface area contributed by atoms with E-state index in [1.165, 1.54) is 12.1 Å². The Bertz CT molecular complexity index is 524. The monoisotopic (exact) mass is 260 g/mol. The van der Waals surface area contributed by atoms with E-state index in [9.17, 15) is 8.78 Å². The van der Waals surface area contributed by atoms with Crippen molar-refractivity contribution in [2.75, 3.05) is 0 Å². The molecule has 0 aliphatic heterocycles. The molecule has 0 unspecified atom stereocenters. The van der Waals surface area contributed by atoms with Crippen LogP contribution in [0.25, 0.3) is 0 Å². The van der Waals surface area contributed by atoms with E-state index < -0.39 is 6.43 Å². The van der Waals surface area contributed by atoms with E-state index in [2.05, 4.69) is 11.4 Å². The highest BCUT2D eigenvalue weighted by molar-refractivity contribution is 5.78. The largest absolute Gasteiger partial charge is 0.390 e. The van der Waals surface area contributed by atoms with Crippen LogP contribution in [0.1, 0.15) is 23.1 Å². The Morgan fingerprint density at radius 3 is 2.32 bits per heavy atom. The molecule has 0 atom stereocenters. The molecule has 4 heteroatoms. The third-order valence-corrected chi connectivity index (χ3v) is 2.48. The van der Waals surface area contributed by atoms with Gasteiger partial charge >= 0.3 is 0 Å². The number of alkyl halides is 2. The van der Waals surface area contributed by atoms with Crippen LogP contribution < -0.4 is 0 Å². The fraction of sp³-hybridized carbons (Fsp3) is 0.133. The van der Waals surface area contributed by atoms with E-state index in [1.54, 1.807) is 12.1 Å². The van der Waals surface area contributed by atoms with E-state index in [-0.39, 0.29) is 12.2 Å². The van der Waals surface area contributed by atoms with Gasteiger partial charge in [-0.3, -0.25) is 0 Å². The van der Waals surface area contributed by atoms with Crippen LogP contribution >= 0.6 is 0 Å². The highest BCUT2D eigenvalue weighted by Crippen LogP contribution is 2.18. The quantitative estimate of drug-likeness (QED) is 0.587. The minimum absolute atomic E-state index is 0.00287. The zero-order chi connectivity index (χ0) is 13.5. The summed E-state index contributed by atoms with van der Waals surface area (Å²) in [5, 5.41) is 3.70. The van der Waals surface area contributed by atoms with Crippen LogP contribution in [-0.4, -0.2) is 6.21 Å². The van der Waals surface area contributed by atoms with E-state index in [0.29, 0.717) is 0 Å². The Labute approximate surface area is 110 Å². The summed E-state index contributed by atoms with van der Waals surface area (Å²) in [5.74, 6) is 0.